The maximum absolute atomic E-state index is 13.4. The van der Waals surface area contributed by atoms with E-state index in [1.807, 2.05) is 11.0 Å². The Morgan fingerprint density at radius 3 is 2.61 bits per heavy atom. The van der Waals surface area contributed by atoms with Gasteiger partial charge in [-0.1, -0.05) is 0 Å². The molecular formula is C26H31N3O6S. The molecule has 0 saturated carbocycles. The first-order valence-electron chi connectivity index (χ1n) is 11.9. The molecule has 10 heteroatoms. The molecule has 36 heavy (non-hydrogen) atoms. The fourth-order valence-electron chi connectivity index (χ4n) is 4.75. The number of aromatic nitrogens is 1. The van der Waals surface area contributed by atoms with E-state index in [1.165, 1.54) is 25.1 Å². The molecule has 2 heterocycles. The molecule has 1 aliphatic heterocycles. The van der Waals surface area contributed by atoms with Gasteiger partial charge in [0.15, 0.2) is 5.76 Å². The number of nitrogens with one attached hydrogen (secondary N) is 1. The standard InChI is InChI=1S/C26H31N3O6S/c1-33-20-10-8-16(12-21(20)34-2)14-29-24(31)18-6-4-5-7-19(18)25(29)36-15-23(30)28-22-11-9-17(13-27-22)26(32)35-3/h9,11-13,25H,4-8,10,14-15H2,1-3H3,(H,27,28,30). The fourth-order valence-corrected chi connectivity index (χ4v) is 5.95. The lowest BCUT2D eigenvalue weighted by molar-refractivity contribution is -0.125. The Morgan fingerprint density at radius 2 is 1.92 bits per heavy atom. The first kappa shape index (κ1) is 25.8. The van der Waals surface area contributed by atoms with Crippen molar-refractivity contribution < 1.29 is 28.6 Å². The van der Waals surface area contributed by atoms with Crippen molar-refractivity contribution in [1.82, 2.24) is 9.88 Å². The summed E-state index contributed by atoms with van der Waals surface area (Å²) in [7, 11) is 4.55. The molecule has 9 nitrogen and oxygen atoms in total. The van der Waals surface area contributed by atoms with Gasteiger partial charge in [0, 0.05) is 24.7 Å². The summed E-state index contributed by atoms with van der Waals surface area (Å²) in [6, 6.07) is 3.11. The quantitative estimate of drug-likeness (QED) is 0.497. The first-order chi connectivity index (χ1) is 17.4. The summed E-state index contributed by atoms with van der Waals surface area (Å²) in [5.74, 6) is 1.39. The number of ether oxygens (including phenoxy) is 3. The van der Waals surface area contributed by atoms with Crippen LogP contribution < -0.4 is 5.32 Å². The molecular weight excluding hydrogens is 482 g/mol. The predicted octanol–water partition coefficient (Wildman–Crippen LogP) is 3.80. The summed E-state index contributed by atoms with van der Waals surface area (Å²) in [4.78, 5) is 43.6. The number of rotatable bonds is 9. The molecule has 3 aliphatic rings. The highest BCUT2D eigenvalue weighted by molar-refractivity contribution is 8.00. The van der Waals surface area contributed by atoms with E-state index in [9.17, 15) is 14.4 Å². The normalized spacial score (nSPS) is 19.6. The van der Waals surface area contributed by atoms with Gasteiger partial charge >= 0.3 is 5.97 Å². The fraction of sp³-hybridized carbons (Fsp3) is 0.462. The maximum atomic E-state index is 13.4. The zero-order valence-corrected chi connectivity index (χ0v) is 21.6. The van der Waals surface area contributed by atoms with Crippen LogP contribution in [0, 0.1) is 0 Å². The number of allylic oxidation sites excluding steroid dienone is 2. The van der Waals surface area contributed by atoms with Gasteiger partial charge in [0.2, 0.25) is 5.91 Å². The van der Waals surface area contributed by atoms with Gasteiger partial charge in [-0.2, -0.15) is 0 Å². The van der Waals surface area contributed by atoms with E-state index in [4.69, 9.17) is 9.47 Å². The van der Waals surface area contributed by atoms with Crippen LogP contribution in [0.5, 0.6) is 0 Å². The van der Waals surface area contributed by atoms with E-state index in [2.05, 4.69) is 15.0 Å². The molecule has 2 amide bonds. The van der Waals surface area contributed by atoms with Crippen LogP contribution in [0.25, 0.3) is 0 Å². The van der Waals surface area contributed by atoms with Crippen molar-refractivity contribution in [1.29, 1.82) is 0 Å². The Labute approximate surface area is 214 Å². The van der Waals surface area contributed by atoms with Crippen LogP contribution in [-0.4, -0.2) is 66.7 Å². The molecule has 1 atom stereocenters. The lowest BCUT2D eigenvalue weighted by Crippen LogP contribution is -2.36. The van der Waals surface area contributed by atoms with Crippen LogP contribution in [0.2, 0.25) is 0 Å². The van der Waals surface area contributed by atoms with Crippen molar-refractivity contribution in [2.75, 3.05) is 38.9 Å². The first-order valence-corrected chi connectivity index (χ1v) is 13.0. The Hall–Kier alpha value is -3.27. The SMILES string of the molecule is COC(=O)c1ccc(NC(=O)CSC2C3=C(CCCC3)C(=O)N2CC2=CC(OC)=C(OC)CC2)nc1. The molecule has 0 radical (unpaired) electrons. The van der Waals surface area contributed by atoms with Crippen molar-refractivity contribution in [2.24, 2.45) is 0 Å². The Kier molecular flexibility index (Phi) is 8.35. The largest absolute Gasteiger partial charge is 0.497 e. The number of methoxy groups -OCH3 is 3. The van der Waals surface area contributed by atoms with Crippen LogP contribution in [0.1, 0.15) is 48.9 Å². The Bertz CT molecular complexity index is 1120. The summed E-state index contributed by atoms with van der Waals surface area (Å²) in [6.07, 6.45) is 8.57. The van der Waals surface area contributed by atoms with Crippen LogP contribution >= 0.6 is 11.8 Å². The molecule has 2 aliphatic carbocycles. The number of hydrogen-bond acceptors (Lipinski definition) is 8. The van der Waals surface area contributed by atoms with E-state index >= 15 is 0 Å². The molecule has 1 aromatic heterocycles. The van der Waals surface area contributed by atoms with Crippen LogP contribution in [0.3, 0.4) is 0 Å². The van der Waals surface area contributed by atoms with Gasteiger partial charge in [-0.15, -0.1) is 11.8 Å². The van der Waals surface area contributed by atoms with Crippen molar-refractivity contribution >= 4 is 35.4 Å². The average molecular weight is 514 g/mol. The molecule has 0 bridgehead atoms. The molecule has 1 unspecified atom stereocenters. The predicted molar refractivity (Wildman–Crippen MR) is 136 cm³/mol. The molecule has 1 N–H and O–H groups in total. The minimum atomic E-state index is -0.488. The van der Waals surface area contributed by atoms with Crippen LogP contribution in [0.4, 0.5) is 5.82 Å². The van der Waals surface area contributed by atoms with Gasteiger partial charge in [-0.3, -0.25) is 9.59 Å². The number of carbonyl (C=O) groups is 3. The van der Waals surface area contributed by atoms with E-state index in [0.717, 1.165) is 61.0 Å². The number of esters is 1. The zero-order valence-electron chi connectivity index (χ0n) is 20.8. The van der Waals surface area contributed by atoms with Gasteiger partial charge in [0.1, 0.15) is 17.0 Å². The number of amides is 2. The number of anilines is 1. The third kappa shape index (κ3) is 5.59. The van der Waals surface area contributed by atoms with E-state index in [-0.39, 0.29) is 22.9 Å². The summed E-state index contributed by atoms with van der Waals surface area (Å²) >= 11 is 1.46. The van der Waals surface area contributed by atoms with E-state index < -0.39 is 5.97 Å². The minimum Gasteiger partial charge on any atom is -0.497 e. The van der Waals surface area contributed by atoms with Crippen LogP contribution in [-0.2, 0) is 23.8 Å². The van der Waals surface area contributed by atoms with Crippen molar-refractivity contribution in [2.45, 2.75) is 43.9 Å². The minimum absolute atomic E-state index is 0.0732. The van der Waals surface area contributed by atoms with Gasteiger partial charge in [-0.05, 0) is 61.5 Å². The Morgan fingerprint density at radius 1 is 1.11 bits per heavy atom. The third-order valence-electron chi connectivity index (χ3n) is 6.56. The molecule has 4 rings (SSSR count). The summed E-state index contributed by atoms with van der Waals surface area (Å²) in [5.41, 5.74) is 3.48. The van der Waals surface area contributed by atoms with E-state index in [1.54, 1.807) is 26.4 Å². The second-order valence-electron chi connectivity index (χ2n) is 8.78. The number of hydrogen-bond donors (Lipinski definition) is 1. The monoisotopic (exact) mass is 513 g/mol. The molecule has 0 aromatic carbocycles. The van der Waals surface area contributed by atoms with Gasteiger partial charge in [0.05, 0.1) is 32.6 Å². The van der Waals surface area contributed by atoms with Gasteiger partial charge < -0.3 is 24.4 Å². The number of pyridine rings is 1. The van der Waals surface area contributed by atoms with Gasteiger partial charge in [0.25, 0.3) is 5.91 Å². The topological polar surface area (TPSA) is 107 Å². The Balaban J connectivity index is 1.44. The maximum Gasteiger partial charge on any atom is 0.339 e. The van der Waals surface area contributed by atoms with Crippen molar-refractivity contribution in [3.05, 3.63) is 58.2 Å². The zero-order chi connectivity index (χ0) is 25.7. The molecule has 1 aromatic rings. The number of thioether (sulfide) groups is 1. The second kappa shape index (κ2) is 11.6. The molecule has 192 valence electrons. The summed E-state index contributed by atoms with van der Waals surface area (Å²) in [6.45, 7) is 0.492. The van der Waals surface area contributed by atoms with Crippen molar-refractivity contribution in [3.8, 4) is 0 Å². The molecule has 0 fully saturated rings. The third-order valence-corrected chi connectivity index (χ3v) is 7.84. The molecule has 0 saturated heterocycles. The summed E-state index contributed by atoms with van der Waals surface area (Å²) < 4.78 is 15.6. The lowest BCUT2D eigenvalue weighted by atomic mass is 9.94. The van der Waals surface area contributed by atoms with Crippen LogP contribution in [0.15, 0.2) is 52.6 Å². The average Bonchev–Trinajstić information content (AvgIpc) is 3.17. The second-order valence-corrected chi connectivity index (χ2v) is 9.85. The van der Waals surface area contributed by atoms with Crippen molar-refractivity contribution in [3.63, 3.8) is 0 Å². The highest BCUT2D eigenvalue weighted by atomic mass is 32.2. The summed E-state index contributed by atoms with van der Waals surface area (Å²) in [5, 5.41) is 2.59. The number of carbonyl (C=O) groups excluding carboxylic acids is 3. The highest BCUT2D eigenvalue weighted by Crippen LogP contribution is 2.42. The molecule has 0 spiro atoms. The van der Waals surface area contributed by atoms with Gasteiger partial charge in [-0.25, -0.2) is 9.78 Å². The highest BCUT2D eigenvalue weighted by Gasteiger charge is 2.40. The lowest BCUT2D eigenvalue weighted by Gasteiger charge is -2.29. The van der Waals surface area contributed by atoms with E-state index in [0.29, 0.717) is 23.7 Å². The number of nitrogens with zero attached hydrogens (tertiary/aromatic N) is 2. The smallest absolute Gasteiger partial charge is 0.339 e.